The highest BCUT2D eigenvalue weighted by atomic mass is 16.1. The van der Waals surface area contributed by atoms with E-state index in [0.29, 0.717) is 12.5 Å². The molecule has 1 fully saturated rings. The van der Waals surface area contributed by atoms with E-state index in [0.717, 1.165) is 37.3 Å². The number of pyridine rings is 1. The number of rotatable bonds is 3. The molecule has 1 atom stereocenters. The summed E-state index contributed by atoms with van der Waals surface area (Å²) in [6.07, 6.45) is 2.25. The minimum Gasteiger partial charge on any atom is -0.369 e. The zero-order chi connectivity index (χ0) is 12.3. The Morgan fingerprint density at radius 2 is 2.41 bits per heavy atom. The molecule has 4 heteroatoms. The number of hydrogen-bond acceptors (Lipinski definition) is 3. The van der Waals surface area contributed by atoms with E-state index in [-0.39, 0.29) is 5.91 Å². The molecule has 2 N–H and O–H groups in total. The van der Waals surface area contributed by atoms with E-state index >= 15 is 0 Å². The monoisotopic (exact) mass is 233 g/mol. The molecular weight excluding hydrogens is 214 g/mol. The molecule has 2 heterocycles. The van der Waals surface area contributed by atoms with Crippen LogP contribution in [0.25, 0.3) is 0 Å². The number of carbonyl (C=O) groups excluding carboxylic acids is 1. The second-order valence-corrected chi connectivity index (χ2v) is 4.74. The van der Waals surface area contributed by atoms with E-state index < -0.39 is 0 Å². The number of aryl methyl sites for hydroxylation is 1. The Morgan fingerprint density at radius 3 is 3.12 bits per heavy atom. The summed E-state index contributed by atoms with van der Waals surface area (Å²) >= 11 is 0. The van der Waals surface area contributed by atoms with Gasteiger partial charge in [-0.3, -0.25) is 14.7 Å². The fourth-order valence-electron chi connectivity index (χ4n) is 2.45. The molecule has 1 aliphatic heterocycles. The maximum Gasteiger partial charge on any atom is 0.231 e. The van der Waals surface area contributed by atoms with Gasteiger partial charge in [0.1, 0.15) is 0 Å². The van der Waals surface area contributed by atoms with Crippen LogP contribution in [0.5, 0.6) is 0 Å². The molecule has 1 amide bonds. The Labute approximate surface area is 102 Å². The Hall–Kier alpha value is -1.42. The number of nitrogens with zero attached hydrogens (tertiary/aromatic N) is 2. The van der Waals surface area contributed by atoms with Gasteiger partial charge in [0.25, 0.3) is 0 Å². The first-order valence-electron chi connectivity index (χ1n) is 6.09. The normalized spacial score (nSPS) is 21.4. The van der Waals surface area contributed by atoms with Crippen molar-refractivity contribution in [3.8, 4) is 0 Å². The van der Waals surface area contributed by atoms with Crippen LogP contribution >= 0.6 is 0 Å². The third-order valence-electron chi connectivity index (χ3n) is 3.21. The molecule has 2 rings (SSSR count). The van der Waals surface area contributed by atoms with Crippen molar-refractivity contribution >= 4 is 5.91 Å². The molecule has 0 saturated carbocycles. The van der Waals surface area contributed by atoms with E-state index in [4.69, 9.17) is 5.73 Å². The maximum atomic E-state index is 10.9. The lowest BCUT2D eigenvalue weighted by Gasteiger charge is -2.31. The smallest absolute Gasteiger partial charge is 0.231 e. The lowest BCUT2D eigenvalue weighted by Crippen LogP contribution is -2.40. The summed E-state index contributed by atoms with van der Waals surface area (Å²) in [7, 11) is 0. The molecule has 1 aromatic heterocycles. The van der Waals surface area contributed by atoms with Gasteiger partial charge in [-0.05, 0) is 38.4 Å². The summed E-state index contributed by atoms with van der Waals surface area (Å²) in [5.74, 6) is 0.186. The van der Waals surface area contributed by atoms with Crippen molar-refractivity contribution in [1.82, 2.24) is 9.88 Å². The lowest BCUT2D eigenvalue weighted by atomic mass is 9.94. The molecule has 17 heavy (non-hydrogen) atoms. The highest BCUT2D eigenvalue weighted by Crippen LogP contribution is 2.25. The molecule has 1 saturated heterocycles. The van der Waals surface area contributed by atoms with Crippen LogP contribution in [0.2, 0.25) is 0 Å². The first-order valence-corrected chi connectivity index (χ1v) is 6.09. The zero-order valence-electron chi connectivity index (χ0n) is 10.2. The van der Waals surface area contributed by atoms with Gasteiger partial charge in [-0.1, -0.05) is 6.07 Å². The van der Waals surface area contributed by atoms with Gasteiger partial charge < -0.3 is 5.73 Å². The molecule has 0 bridgehead atoms. The zero-order valence-corrected chi connectivity index (χ0v) is 10.2. The molecule has 0 spiro atoms. The van der Waals surface area contributed by atoms with Crippen LogP contribution in [-0.4, -0.2) is 35.4 Å². The molecule has 0 unspecified atom stereocenters. The third kappa shape index (κ3) is 3.27. The number of piperidine rings is 1. The van der Waals surface area contributed by atoms with E-state index in [9.17, 15) is 4.79 Å². The second-order valence-electron chi connectivity index (χ2n) is 4.74. The van der Waals surface area contributed by atoms with Gasteiger partial charge in [0.15, 0.2) is 0 Å². The summed E-state index contributed by atoms with van der Waals surface area (Å²) in [5, 5.41) is 0. The van der Waals surface area contributed by atoms with Gasteiger partial charge in [0.05, 0.1) is 6.54 Å². The van der Waals surface area contributed by atoms with E-state index in [1.165, 1.54) is 0 Å². The van der Waals surface area contributed by atoms with Crippen molar-refractivity contribution in [3.63, 3.8) is 0 Å². The molecular formula is C13H19N3O. The standard InChI is InChI=1S/C13H19N3O/c1-10-4-2-6-12(15-10)11-5-3-7-16(8-11)9-13(14)17/h2,4,6,11H,3,5,7-9H2,1H3,(H2,14,17)/t11-/m1/s1. The SMILES string of the molecule is Cc1cccc([C@@H]2CCCN(CC(N)=O)C2)n1. The summed E-state index contributed by atoms with van der Waals surface area (Å²) in [6.45, 7) is 4.22. The van der Waals surface area contributed by atoms with Crippen LogP contribution < -0.4 is 5.73 Å². The van der Waals surface area contributed by atoms with Crippen LogP contribution in [0.3, 0.4) is 0 Å². The van der Waals surface area contributed by atoms with Gasteiger partial charge in [0, 0.05) is 23.9 Å². The number of amides is 1. The molecule has 0 radical (unpaired) electrons. The maximum absolute atomic E-state index is 10.9. The van der Waals surface area contributed by atoms with Gasteiger partial charge in [-0.2, -0.15) is 0 Å². The topological polar surface area (TPSA) is 59.2 Å². The van der Waals surface area contributed by atoms with Crippen molar-refractivity contribution in [2.24, 2.45) is 5.73 Å². The quantitative estimate of drug-likeness (QED) is 0.849. The van der Waals surface area contributed by atoms with Gasteiger partial charge in [0.2, 0.25) is 5.91 Å². The molecule has 4 nitrogen and oxygen atoms in total. The minimum absolute atomic E-state index is 0.247. The summed E-state index contributed by atoms with van der Waals surface area (Å²) in [5.41, 5.74) is 7.42. The Morgan fingerprint density at radius 1 is 1.59 bits per heavy atom. The number of hydrogen-bond donors (Lipinski definition) is 1. The summed E-state index contributed by atoms with van der Waals surface area (Å²) in [6, 6.07) is 6.13. The van der Waals surface area contributed by atoms with Gasteiger partial charge in [-0.15, -0.1) is 0 Å². The van der Waals surface area contributed by atoms with Crippen molar-refractivity contribution in [2.75, 3.05) is 19.6 Å². The van der Waals surface area contributed by atoms with E-state index in [1.54, 1.807) is 0 Å². The molecule has 1 aromatic rings. The largest absolute Gasteiger partial charge is 0.369 e. The van der Waals surface area contributed by atoms with Crippen molar-refractivity contribution < 1.29 is 4.79 Å². The molecule has 1 aliphatic rings. The first kappa shape index (κ1) is 12.0. The molecule has 92 valence electrons. The first-order chi connectivity index (χ1) is 8.15. The van der Waals surface area contributed by atoms with Crippen LogP contribution in [-0.2, 0) is 4.79 Å². The third-order valence-corrected chi connectivity index (χ3v) is 3.21. The predicted octanol–water partition coefficient (Wildman–Crippen LogP) is 1.05. The Bertz CT molecular complexity index is 405. The van der Waals surface area contributed by atoms with Crippen molar-refractivity contribution in [2.45, 2.75) is 25.7 Å². The minimum atomic E-state index is -0.247. The number of nitrogens with two attached hydrogens (primary N) is 1. The van der Waals surface area contributed by atoms with Crippen LogP contribution in [0.1, 0.15) is 30.1 Å². The van der Waals surface area contributed by atoms with E-state index in [1.807, 2.05) is 19.1 Å². The molecule has 0 aromatic carbocycles. The number of likely N-dealkylation sites (tertiary alicyclic amines) is 1. The van der Waals surface area contributed by atoms with Crippen molar-refractivity contribution in [3.05, 3.63) is 29.6 Å². The average molecular weight is 233 g/mol. The second kappa shape index (κ2) is 5.27. The van der Waals surface area contributed by atoms with Crippen molar-refractivity contribution in [1.29, 1.82) is 0 Å². The number of carbonyl (C=O) groups is 1. The predicted molar refractivity (Wildman–Crippen MR) is 66.6 cm³/mol. The summed E-state index contributed by atoms with van der Waals surface area (Å²) < 4.78 is 0. The average Bonchev–Trinajstić information content (AvgIpc) is 2.28. The van der Waals surface area contributed by atoms with Gasteiger partial charge in [-0.25, -0.2) is 0 Å². The Kier molecular flexibility index (Phi) is 3.74. The number of primary amides is 1. The lowest BCUT2D eigenvalue weighted by molar-refractivity contribution is -0.119. The van der Waals surface area contributed by atoms with Crippen LogP contribution in [0.15, 0.2) is 18.2 Å². The van der Waals surface area contributed by atoms with E-state index in [2.05, 4.69) is 16.0 Å². The highest BCUT2D eigenvalue weighted by Gasteiger charge is 2.22. The fraction of sp³-hybridized carbons (Fsp3) is 0.538. The highest BCUT2D eigenvalue weighted by molar-refractivity contribution is 5.75. The van der Waals surface area contributed by atoms with Crippen LogP contribution in [0.4, 0.5) is 0 Å². The molecule has 0 aliphatic carbocycles. The van der Waals surface area contributed by atoms with Gasteiger partial charge >= 0.3 is 0 Å². The fourth-order valence-corrected chi connectivity index (χ4v) is 2.45. The van der Waals surface area contributed by atoms with Crippen LogP contribution in [0, 0.1) is 6.92 Å². The number of aromatic nitrogens is 1. The summed E-state index contributed by atoms with van der Waals surface area (Å²) in [4.78, 5) is 17.6. The Balaban J connectivity index is 2.04.